The second-order valence-corrected chi connectivity index (χ2v) is 6.74. The minimum atomic E-state index is -4.72. The van der Waals surface area contributed by atoms with Gasteiger partial charge in [-0.2, -0.15) is 0 Å². The van der Waals surface area contributed by atoms with Crippen molar-refractivity contribution in [3.05, 3.63) is 30.5 Å². The largest absolute Gasteiger partial charge is 0.469 e. The Morgan fingerprint density at radius 1 is 1.28 bits per heavy atom. The zero-order valence-electron chi connectivity index (χ0n) is 12.8. The van der Waals surface area contributed by atoms with E-state index < -0.39 is 39.0 Å². The Labute approximate surface area is 141 Å². The van der Waals surface area contributed by atoms with E-state index >= 15 is 0 Å². The number of benzene rings is 1. The summed E-state index contributed by atoms with van der Waals surface area (Å²) in [4.78, 5) is 17.4. The van der Waals surface area contributed by atoms with Gasteiger partial charge in [-0.3, -0.25) is 4.52 Å². The van der Waals surface area contributed by atoms with Gasteiger partial charge in [-0.05, 0) is 6.07 Å². The molecule has 12 heteroatoms. The number of ether oxygens (including phenoxy) is 1. The number of nitrogen functional groups attached to an aromatic ring is 1. The lowest BCUT2D eigenvalue weighted by Crippen LogP contribution is -2.33. The number of nitrogens with zero attached hydrogens (tertiary/aromatic N) is 3. The molecule has 4 atom stereocenters. The molecule has 0 unspecified atom stereocenters. The van der Waals surface area contributed by atoms with Crippen molar-refractivity contribution < 1.29 is 33.8 Å². The third kappa shape index (κ3) is 3.88. The molecule has 1 aliphatic rings. The molecule has 1 aliphatic heterocycles. The van der Waals surface area contributed by atoms with Gasteiger partial charge in [0.25, 0.3) is 0 Å². The molecule has 136 valence electrons. The first-order chi connectivity index (χ1) is 11.8. The highest BCUT2D eigenvalue weighted by Gasteiger charge is 2.45. The van der Waals surface area contributed by atoms with Crippen LogP contribution in [0.25, 0.3) is 11.3 Å². The molecule has 3 rings (SSSR count). The zero-order valence-corrected chi connectivity index (χ0v) is 13.7. The number of hydrogen-bond acceptors (Lipinski definition) is 8. The summed E-state index contributed by atoms with van der Waals surface area (Å²) in [7, 11) is -4.72. The molecule has 2 heterocycles. The van der Waals surface area contributed by atoms with Crippen LogP contribution in [0.1, 0.15) is 6.23 Å². The topological polar surface area (TPSA) is 173 Å². The Bertz CT molecular complexity index is 794. The fraction of sp³-hybridized carbons (Fsp3) is 0.385. The summed E-state index contributed by atoms with van der Waals surface area (Å²) in [5, 5.41) is 27.9. The van der Waals surface area contributed by atoms with Crippen LogP contribution in [0.3, 0.4) is 0 Å². The molecule has 25 heavy (non-hydrogen) atoms. The van der Waals surface area contributed by atoms with E-state index in [9.17, 15) is 14.8 Å². The van der Waals surface area contributed by atoms with E-state index in [2.05, 4.69) is 14.8 Å². The second kappa shape index (κ2) is 6.81. The van der Waals surface area contributed by atoms with Crippen molar-refractivity contribution in [2.24, 2.45) is 0 Å². The Morgan fingerprint density at radius 2 is 2.00 bits per heavy atom. The number of anilines is 1. The fourth-order valence-corrected chi connectivity index (χ4v) is 2.85. The van der Waals surface area contributed by atoms with Crippen LogP contribution >= 0.6 is 7.82 Å². The van der Waals surface area contributed by atoms with Crippen LogP contribution < -0.4 is 5.73 Å². The molecular formula is C13H17N4O7P. The maximum absolute atomic E-state index is 10.8. The van der Waals surface area contributed by atoms with Crippen molar-refractivity contribution in [1.29, 1.82) is 0 Å². The van der Waals surface area contributed by atoms with Gasteiger partial charge in [-0.15, -0.1) is 5.10 Å². The third-order valence-corrected chi connectivity index (χ3v) is 4.24. The number of aromatic nitrogens is 3. The van der Waals surface area contributed by atoms with Gasteiger partial charge in [0, 0.05) is 11.3 Å². The number of rotatable bonds is 5. The summed E-state index contributed by atoms with van der Waals surface area (Å²) in [6, 6.07) is 7.01. The van der Waals surface area contributed by atoms with Gasteiger partial charge >= 0.3 is 7.82 Å². The highest BCUT2D eigenvalue weighted by atomic mass is 31.2. The molecule has 11 nitrogen and oxygen atoms in total. The van der Waals surface area contributed by atoms with Crippen LogP contribution in [0.5, 0.6) is 0 Å². The summed E-state index contributed by atoms with van der Waals surface area (Å²) in [5.74, 6) is 0. The predicted octanol–water partition coefficient (Wildman–Crippen LogP) is -0.744. The van der Waals surface area contributed by atoms with Crippen molar-refractivity contribution in [1.82, 2.24) is 15.0 Å². The molecule has 1 fully saturated rings. The second-order valence-electron chi connectivity index (χ2n) is 5.50. The first-order valence-corrected chi connectivity index (χ1v) is 8.77. The van der Waals surface area contributed by atoms with Gasteiger partial charge in [0.15, 0.2) is 6.23 Å². The molecule has 0 bridgehead atoms. The average Bonchev–Trinajstić information content (AvgIpc) is 3.12. The van der Waals surface area contributed by atoms with E-state index in [1.165, 1.54) is 10.9 Å². The molecule has 0 amide bonds. The van der Waals surface area contributed by atoms with E-state index in [0.717, 1.165) is 0 Å². The van der Waals surface area contributed by atoms with Gasteiger partial charge in [0.05, 0.1) is 12.8 Å². The zero-order chi connectivity index (χ0) is 18.2. The first-order valence-electron chi connectivity index (χ1n) is 7.24. The van der Waals surface area contributed by atoms with Gasteiger partial charge in [0.2, 0.25) is 0 Å². The Morgan fingerprint density at radius 3 is 2.68 bits per heavy atom. The van der Waals surface area contributed by atoms with Gasteiger partial charge in [-0.1, -0.05) is 23.4 Å². The number of aliphatic hydroxyl groups is 2. The average molecular weight is 372 g/mol. The third-order valence-electron chi connectivity index (χ3n) is 3.75. The summed E-state index contributed by atoms with van der Waals surface area (Å²) in [6.45, 7) is -0.591. The highest BCUT2D eigenvalue weighted by molar-refractivity contribution is 7.46. The Kier molecular flexibility index (Phi) is 4.89. The highest BCUT2D eigenvalue weighted by Crippen LogP contribution is 2.38. The first kappa shape index (κ1) is 18.0. The van der Waals surface area contributed by atoms with Crippen LogP contribution in [-0.2, 0) is 13.8 Å². The van der Waals surface area contributed by atoms with Crippen molar-refractivity contribution in [2.75, 3.05) is 12.3 Å². The lowest BCUT2D eigenvalue weighted by atomic mass is 10.1. The molecule has 1 aromatic heterocycles. The molecule has 6 N–H and O–H groups in total. The fourth-order valence-electron chi connectivity index (χ4n) is 2.51. The van der Waals surface area contributed by atoms with Crippen molar-refractivity contribution in [2.45, 2.75) is 24.5 Å². The maximum atomic E-state index is 10.8. The van der Waals surface area contributed by atoms with Crippen LogP contribution in [0.15, 0.2) is 30.5 Å². The van der Waals surface area contributed by atoms with Gasteiger partial charge in [-0.25, -0.2) is 9.25 Å². The number of phosphoric acid groups is 1. The van der Waals surface area contributed by atoms with E-state index in [0.29, 0.717) is 16.9 Å². The molecule has 1 aromatic carbocycles. The SMILES string of the molecule is Nc1ccccc1-c1cn([C@@H]2O[C@H](COP(=O)(O)O)[C@@H](O)[C@H]2O)nn1. The minimum Gasteiger partial charge on any atom is -0.398 e. The van der Waals surface area contributed by atoms with Crippen LogP contribution in [-0.4, -0.2) is 59.9 Å². The van der Waals surface area contributed by atoms with Crippen LogP contribution in [0.4, 0.5) is 5.69 Å². The number of para-hydroxylation sites is 1. The quantitative estimate of drug-likeness (QED) is 0.332. The van der Waals surface area contributed by atoms with E-state index in [1.807, 2.05) is 0 Å². The van der Waals surface area contributed by atoms with E-state index in [-0.39, 0.29) is 0 Å². The van der Waals surface area contributed by atoms with Crippen molar-refractivity contribution in [3.63, 3.8) is 0 Å². The summed E-state index contributed by atoms with van der Waals surface area (Å²) >= 11 is 0. The number of phosphoric ester groups is 1. The summed E-state index contributed by atoms with van der Waals surface area (Å²) in [6.07, 6.45) is -3.54. The molecule has 1 saturated heterocycles. The van der Waals surface area contributed by atoms with Crippen LogP contribution in [0, 0.1) is 0 Å². The minimum absolute atomic E-state index is 0.443. The molecule has 0 spiro atoms. The standard InChI is InChI=1S/C13H17N4O7P/c14-8-4-2-1-3-7(8)9-5-17(16-15-9)13-12(19)11(18)10(24-13)6-23-25(20,21)22/h1-5,10-13,18-19H,6,14H2,(H2,20,21,22)/t10-,11-,12-,13-/m1/s1. The number of hydrogen-bond donors (Lipinski definition) is 5. The van der Waals surface area contributed by atoms with E-state index in [4.69, 9.17) is 20.3 Å². The maximum Gasteiger partial charge on any atom is 0.469 e. The van der Waals surface area contributed by atoms with Crippen molar-refractivity contribution in [3.8, 4) is 11.3 Å². The molecule has 2 aromatic rings. The number of aliphatic hydroxyl groups excluding tert-OH is 2. The molecule has 0 radical (unpaired) electrons. The lowest BCUT2D eigenvalue weighted by Gasteiger charge is -2.14. The molecule has 0 aliphatic carbocycles. The smallest absolute Gasteiger partial charge is 0.398 e. The molecular weight excluding hydrogens is 355 g/mol. The summed E-state index contributed by atoms with van der Waals surface area (Å²) in [5.41, 5.74) is 7.46. The van der Waals surface area contributed by atoms with Gasteiger partial charge < -0.3 is 30.5 Å². The van der Waals surface area contributed by atoms with Crippen LogP contribution in [0.2, 0.25) is 0 Å². The monoisotopic (exact) mass is 372 g/mol. The predicted molar refractivity (Wildman–Crippen MR) is 83.8 cm³/mol. The Hall–Kier alpha value is -1.85. The Balaban J connectivity index is 1.76. The lowest BCUT2D eigenvalue weighted by molar-refractivity contribution is -0.0586. The number of nitrogens with two attached hydrogens (primary N) is 1. The molecule has 0 saturated carbocycles. The van der Waals surface area contributed by atoms with Gasteiger partial charge in [0.1, 0.15) is 24.0 Å². The van der Waals surface area contributed by atoms with E-state index in [1.54, 1.807) is 24.3 Å². The summed E-state index contributed by atoms with van der Waals surface area (Å²) < 4.78 is 21.7. The van der Waals surface area contributed by atoms with Crippen molar-refractivity contribution >= 4 is 13.5 Å². The normalized spacial score (nSPS) is 26.9.